The van der Waals surface area contributed by atoms with Crippen molar-refractivity contribution in [1.82, 2.24) is 24.6 Å². The second-order valence-corrected chi connectivity index (χ2v) is 4.70. The van der Waals surface area contributed by atoms with Gasteiger partial charge in [0.1, 0.15) is 5.69 Å². The largest absolute Gasteiger partial charge is 0.350 e. The number of aromatic nitrogens is 5. The molecule has 3 aromatic rings. The molecule has 8 heteroatoms. The maximum absolute atomic E-state index is 11.7. The quantitative estimate of drug-likeness (QED) is 0.666. The molecule has 0 spiro atoms. The summed E-state index contributed by atoms with van der Waals surface area (Å²) in [5, 5.41) is 4.43. The van der Waals surface area contributed by atoms with Crippen LogP contribution >= 0.6 is 28.6 Å². The van der Waals surface area contributed by atoms with Crippen molar-refractivity contribution >= 4 is 34.2 Å². The van der Waals surface area contributed by atoms with Crippen LogP contribution in [0.2, 0.25) is 0 Å². The molecule has 0 aromatic carbocycles. The van der Waals surface area contributed by atoms with Crippen molar-refractivity contribution in [2.45, 2.75) is 5.16 Å². The molecule has 1 N–H and O–H groups in total. The van der Waals surface area contributed by atoms with E-state index in [2.05, 4.69) is 48.6 Å². The van der Waals surface area contributed by atoms with Crippen molar-refractivity contribution < 1.29 is 0 Å². The predicted octanol–water partition coefficient (Wildman–Crippen LogP) is 1.53. The Hall–Kier alpha value is -1.67. The van der Waals surface area contributed by atoms with Gasteiger partial charge in [-0.1, -0.05) is 6.07 Å². The van der Waals surface area contributed by atoms with Gasteiger partial charge >= 0.3 is 5.69 Å². The number of hydrogen-bond acceptors (Lipinski definition) is 5. The lowest BCUT2D eigenvalue weighted by Gasteiger charge is -1.93. The Morgan fingerprint density at radius 2 is 2.22 bits per heavy atom. The average molecular weight is 324 g/mol. The van der Waals surface area contributed by atoms with Gasteiger partial charge in [-0.25, -0.2) is 9.78 Å². The Balaban J connectivity index is 2.37. The Kier molecular flexibility index (Phi) is 2.67. The Bertz CT molecular complexity index is 782. The molecule has 0 amide bonds. The second-order valence-electron chi connectivity index (χ2n) is 3.48. The summed E-state index contributed by atoms with van der Waals surface area (Å²) in [6.45, 7) is 0. The van der Waals surface area contributed by atoms with E-state index in [1.54, 1.807) is 6.20 Å². The molecule has 3 heterocycles. The van der Waals surface area contributed by atoms with Gasteiger partial charge in [-0.3, -0.25) is 9.97 Å². The number of halogens is 1. The average Bonchev–Trinajstić information content (AvgIpc) is 2.69. The molecule has 0 unspecified atom stereocenters. The van der Waals surface area contributed by atoms with Gasteiger partial charge in [0.25, 0.3) is 0 Å². The highest BCUT2D eigenvalue weighted by molar-refractivity contribution is 9.10. The molecular weight excluding hydrogens is 318 g/mol. The molecule has 3 rings (SSSR count). The Morgan fingerprint density at radius 1 is 1.39 bits per heavy atom. The summed E-state index contributed by atoms with van der Waals surface area (Å²) >= 11 is 7.41. The first-order valence-corrected chi connectivity index (χ1v) is 6.20. The van der Waals surface area contributed by atoms with E-state index >= 15 is 0 Å². The molecular formula is C10H6BrN5OS. The van der Waals surface area contributed by atoms with Gasteiger partial charge in [0.15, 0.2) is 10.8 Å². The molecule has 18 heavy (non-hydrogen) atoms. The third kappa shape index (κ3) is 1.73. The number of aromatic amines is 1. The fourth-order valence-corrected chi connectivity index (χ4v) is 2.30. The fraction of sp³-hybridized carbons (Fsp3) is 0. The molecule has 6 nitrogen and oxygen atoms in total. The first-order valence-electron chi connectivity index (χ1n) is 4.96. The van der Waals surface area contributed by atoms with Crippen molar-refractivity contribution in [3.05, 3.63) is 39.4 Å². The Morgan fingerprint density at radius 3 is 2.94 bits per heavy atom. The van der Waals surface area contributed by atoms with Gasteiger partial charge in [-0.05, 0) is 28.1 Å². The number of rotatable bonds is 1. The molecule has 90 valence electrons. The van der Waals surface area contributed by atoms with Crippen molar-refractivity contribution in [2.24, 2.45) is 0 Å². The van der Waals surface area contributed by atoms with Gasteiger partial charge in [0.2, 0.25) is 0 Å². The summed E-state index contributed by atoms with van der Waals surface area (Å²) in [5.41, 5.74) is 1.24. The lowest BCUT2D eigenvalue weighted by atomic mass is 10.3. The van der Waals surface area contributed by atoms with E-state index in [0.29, 0.717) is 21.5 Å². The summed E-state index contributed by atoms with van der Waals surface area (Å²) in [6.07, 6.45) is 1.66. The minimum absolute atomic E-state index is 0.237. The zero-order valence-corrected chi connectivity index (χ0v) is 11.3. The summed E-state index contributed by atoms with van der Waals surface area (Å²) in [4.78, 5) is 22.5. The lowest BCUT2D eigenvalue weighted by molar-refractivity contribution is 0.789. The van der Waals surface area contributed by atoms with Crippen LogP contribution in [0, 0.1) is 0 Å². The van der Waals surface area contributed by atoms with Gasteiger partial charge in [0, 0.05) is 6.20 Å². The van der Waals surface area contributed by atoms with Crippen molar-refractivity contribution in [1.29, 1.82) is 0 Å². The van der Waals surface area contributed by atoms with E-state index in [-0.39, 0.29) is 5.16 Å². The highest BCUT2D eigenvalue weighted by atomic mass is 79.9. The second kappa shape index (κ2) is 4.21. The summed E-state index contributed by atoms with van der Waals surface area (Å²) < 4.78 is 1.79. The SMILES string of the molecule is O=c1[nH]c(S)nc2c(Br)c(-c3ccccn3)nn12. The topological polar surface area (TPSA) is 75.9 Å². The monoisotopic (exact) mass is 323 g/mol. The van der Waals surface area contributed by atoms with Crippen LogP contribution in [0.4, 0.5) is 0 Å². The van der Waals surface area contributed by atoms with Gasteiger partial charge in [-0.2, -0.15) is 9.61 Å². The standard InChI is InChI=1S/C10H6BrN5OS/c11-6-7(5-3-1-2-4-12-5)15-16-8(6)13-9(18)14-10(16)17/h1-4H,(H2,13,14,17,18). The lowest BCUT2D eigenvalue weighted by Crippen LogP contribution is -2.18. The molecule has 0 aliphatic rings. The van der Waals surface area contributed by atoms with Crippen LogP contribution in [-0.2, 0) is 0 Å². The number of H-pyrrole nitrogens is 1. The zero-order chi connectivity index (χ0) is 12.7. The number of nitrogens with one attached hydrogen (secondary N) is 1. The summed E-state index contributed by atoms with van der Waals surface area (Å²) in [7, 11) is 0. The molecule has 0 fully saturated rings. The molecule has 0 radical (unpaired) electrons. The van der Waals surface area contributed by atoms with Crippen molar-refractivity contribution in [3.8, 4) is 11.4 Å². The highest BCUT2D eigenvalue weighted by Crippen LogP contribution is 2.27. The van der Waals surface area contributed by atoms with E-state index in [9.17, 15) is 4.79 Å². The van der Waals surface area contributed by atoms with Gasteiger partial charge < -0.3 is 0 Å². The van der Waals surface area contributed by atoms with Crippen LogP contribution < -0.4 is 5.69 Å². The van der Waals surface area contributed by atoms with Crippen LogP contribution in [0.1, 0.15) is 0 Å². The molecule has 0 bridgehead atoms. The number of hydrogen-bond donors (Lipinski definition) is 2. The first-order chi connectivity index (χ1) is 8.66. The van der Waals surface area contributed by atoms with Crippen LogP contribution in [0.3, 0.4) is 0 Å². The third-order valence-electron chi connectivity index (χ3n) is 2.34. The summed E-state index contributed by atoms with van der Waals surface area (Å²) in [6, 6.07) is 5.47. The predicted molar refractivity (Wildman–Crippen MR) is 71.8 cm³/mol. The van der Waals surface area contributed by atoms with Crippen LogP contribution in [0.5, 0.6) is 0 Å². The van der Waals surface area contributed by atoms with E-state index in [1.165, 1.54) is 4.52 Å². The van der Waals surface area contributed by atoms with Crippen LogP contribution in [0.25, 0.3) is 17.0 Å². The minimum Gasteiger partial charge on any atom is -0.285 e. The minimum atomic E-state index is -0.395. The number of thiol groups is 1. The number of fused-ring (bicyclic) bond motifs is 1. The molecule has 0 saturated heterocycles. The van der Waals surface area contributed by atoms with Crippen molar-refractivity contribution in [2.75, 3.05) is 0 Å². The smallest absolute Gasteiger partial charge is 0.285 e. The van der Waals surface area contributed by atoms with E-state index < -0.39 is 5.69 Å². The zero-order valence-electron chi connectivity index (χ0n) is 8.83. The van der Waals surface area contributed by atoms with Gasteiger partial charge in [-0.15, -0.1) is 12.6 Å². The molecule has 0 saturated carbocycles. The molecule has 0 atom stereocenters. The van der Waals surface area contributed by atoms with E-state index in [4.69, 9.17) is 0 Å². The number of nitrogens with zero attached hydrogens (tertiary/aromatic N) is 4. The van der Waals surface area contributed by atoms with Crippen LogP contribution in [-0.4, -0.2) is 24.6 Å². The maximum atomic E-state index is 11.7. The van der Waals surface area contributed by atoms with Crippen LogP contribution in [0.15, 0.2) is 38.8 Å². The highest BCUT2D eigenvalue weighted by Gasteiger charge is 2.16. The third-order valence-corrected chi connectivity index (χ3v) is 3.28. The van der Waals surface area contributed by atoms with E-state index in [1.807, 2.05) is 18.2 Å². The summed E-state index contributed by atoms with van der Waals surface area (Å²) in [5.74, 6) is 0. The number of pyridine rings is 1. The van der Waals surface area contributed by atoms with Crippen molar-refractivity contribution in [3.63, 3.8) is 0 Å². The van der Waals surface area contributed by atoms with E-state index in [0.717, 1.165) is 0 Å². The normalized spacial score (nSPS) is 11.0. The maximum Gasteiger partial charge on any atom is 0.350 e. The Labute approximate surface area is 115 Å². The fourth-order valence-electron chi connectivity index (χ4n) is 1.57. The first kappa shape index (κ1) is 11.4. The molecule has 0 aliphatic heterocycles. The molecule has 0 aliphatic carbocycles. The van der Waals surface area contributed by atoms with Gasteiger partial charge in [0.05, 0.1) is 10.2 Å². The molecule has 3 aromatic heterocycles.